The monoisotopic (exact) mass is 330 g/mol. The molecule has 0 aromatic heterocycles. The van der Waals surface area contributed by atoms with Crippen LogP contribution in [0.15, 0.2) is 24.3 Å². The SMILES string of the molecule is O=C(Cc1ccc(N2CCCC2=O)cc1)OCC(=O)N1CCCC1. The van der Waals surface area contributed by atoms with Crippen molar-refractivity contribution in [1.82, 2.24) is 4.90 Å². The summed E-state index contributed by atoms with van der Waals surface area (Å²) in [6.07, 6.45) is 3.65. The van der Waals surface area contributed by atoms with E-state index in [2.05, 4.69) is 0 Å². The standard InChI is InChI=1S/C18H22N2O4/c21-16-4-3-11-20(16)15-7-5-14(6-8-15)12-18(23)24-13-17(22)19-9-1-2-10-19/h5-8H,1-4,9-13H2. The van der Waals surface area contributed by atoms with Crippen LogP contribution >= 0.6 is 0 Å². The Kier molecular flexibility index (Phi) is 5.13. The number of nitrogens with zero attached hydrogens (tertiary/aromatic N) is 2. The maximum atomic E-state index is 11.9. The molecule has 0 unspecified atom stereocenters. The Labute approximate surface area is 141 Å². The van der Waals surface area contributed by atoms with Gasteiger partial charge in [-0.2, -0.15) is 0 Å². The average molecular weight is 330 g/mol. The van der Waals surface area contributed by atoms with Gasteiger partial charge < -0.3 is 14.5 Å². The van der Waals surface area contributed by atoms with Gasteiger partial charge in [-0.1, -0.05) is 12.1 Å². The van der Waals surface area contributed by atoms with Crippen LogP contribution < -0.4 is 4.90 Å². The Bertz CT molecular complexity index is 620. The van der Waals surface area contributed by atoms with Gasteiger partial charge in [-0.05, 0) is 37.0 Å². The molecule has 0 bridgehead atoms. The van der Waals surface area contributed by atoms with Crippen molar-refractivity contribution < 1.29 is 19.1 Å². The van der Waals surface area contributed by atoms with Crippen LogP contribution in [0, 0.1) is 0 Å². The van der Waals surface area contributed by atoms with Crippen LogP contribution in [0.2, 0.25) is 0 Å². The lowest BCUT2D eigenvalue weighted by molar-refractivity contribution is -0.151. The zero-order valence-corrected chi connectivity index (χ0v) is 13.7. The van der Waals surface area contributed by atoms with E-state index < -0.39 is 5.97 Å². The molecule has 2 fully saturated rings. The van der Waals surface area contributed by atoms with Crippen LogP contribution in [-0.4, -0.2) is 48.9 Å². The number of ether oxygens (including phenoxy) is 1. The maximum Gasteiger partial charge on any atom is 0.310 e. The van der Waals surface area contributed by atoms with E-state index in [9.17, 15) is 14.4 Å². The molecule has 24 heavy (non-hydrogen) atoms. The lowest BCUT2D eigenvalue weighted by Crippen LogP contribution is -2.32. The molecule has 128 valence electrons. The highest BCUT2D eigenvalue weighted by Gasteiger charge is 2.22. The van der Waals surface area contributed by atoms with Gasteiger partial charge in [-0.15, -0.1) is 0 Å². The molecule has 2 aliphatic rings. The van der Waals surface area contributed by atoms with Crippen molar-refractivity contribution >= 4 is 23.5 Å². The Balaban J connectivity index is 1.47. The van der Waals surface area contributed by atoms with E-state index in [0.29, 0.717) is 6.42 Å². The van der Waals surface area contributed by atoms with Crippen molar-refractivity contribution in [1.29, 1.82) is 0 Å². The minimum atomic E-state index is -0.410. The highest BCUT2D eigenvalue weighted by Crippen LogP contribution is 2.21. The topological polar surface area (TPSA) is 66.9 Å². The van der Waals surface area contributed by atoms with Crippen LogP contribution in [0.25, 0.3) is 0 Å². The summed E-state index contributed by atoms with van der Waals surface area (Å²) in [5, 5.41) is 0. The molecule has 2 heterocycles. The first kappa shape index (κ1) is 16.5. The number of anilines is 1. The normalized spacial score (nSPS) is 17.4. The van der Waals surface area contributed by atoms with Gasteiger partial charge in [0.2, 0.25) is 5.91 Å². The van der Waals surface area contributed by atoms with Crippen LogP contribution in [0.4, 0.5) is 5.69 Å². The maximum absolute atomic E-state index is 11.9. The van der Waals surface area contributed by atoms with Crippen LogP contribution in [0.3, 0.4) is 0 Å². The molecule has 0 N–H and O–H groups in total. The highest BCUT2D eigenvalue weighted by molar-refractivity contribution is 5.95. The Morgan fingerprint density at radius 1 is 1.00 bits per heavy atom. The molecule has 6 nitrogen and oxygen atoms in total. The summed E-state index contributed by atoms with van der Waals surface area (Å²) in [7, 11) is 0. The smallest absolute Gasteiger partial charge is 0.310 e. The summed E-state index contributed by atoms with van der Waals surface area (Å²) in [6, 6.07) is 7.34. The van der Waals surface area contributed by atoms with Gasteiger partial charge in [0.15, 0.2) is 6.61 Å². The van der Waals surface area contributed by atoms with Crippen LogP contribution in [0.5, 0.6) is 0 Å². The average Bonchev–Trinajstić information content (AvgIpc) is 3.25. The van der Waals surface area contributed by atoms with Crippen molar-refractivity contribution in [2.75, 3.05) is 31.1 Å². The van der Waals surface area contributed by atoms with E-state index >= 15 is 0 Å². The summed E-state index contributed by atoms with van der Waals surface area (Å²) < 4.78 is 5.07. The number of hydrogen-bond donors (Lipinski definition) is 0. The largest absolute Gasteiger partial charge is 0.455 e. The Hall–Kier alpha value is -2.37. The molecule has 6 heteroatoms. The Morgan fingerprint density at radius 3 is 2.33 bits per heavy atom. The molecule has 1 aromatic rings. The second kappa shape index (κ2) is 7.47. The molecule has 3 rings (SSSR count). The van der Waals surface area contributed by atoms with E-state index in [0.717, 1.165) is 50.1 Å². The van der Waals surface area contributed by atoms with E-state index in [1.165, 1.54) is 0 Å². The van der Waals surface area contributed by atoms with E-state index in [1.807, 2.05) is 24.3 Å². The number of hydrogen-bond acceptors (Lipinski definition) is 4. The number of likely N-dealkylation sites (tertiary alicyclic amines) is 1. The number of rotatable bonds is 5. The summed E-state index contributed by atoms with van der Waals surface area (Å²) in [4.78, 5) is 38.9. The highest BCUT2D eigenvalue weighted by atomic mass is 16.5. The molecular weight excluding hydrogens is 308 g/mol. The first-order chi connectivity index (χ1) is 11.6. The van der Waals surface area contributed by atoms with E-state index in [-0.39, 0.29) is 24.8 Å². The van der Waals surface area contributed by atoms with Gasteiger partial charge >= 0.3 is 5.97 Å². The number of carbonyl (C=O) groups excluding carboxylic acids is 3. The number of esters is 1. The van der Waals surface area contributed by atoms with Crippen molar-refractivity contribution in [3.63, 3.8) is 0 Å². The third kappa shape index (κ3) is 3.93. The third-order valence-electron chi connectivity index (χ3n) is 4.49. The second-order valence-corrected chi connectivity index (χ2v) is 6.24. The Morgan fingerprint density at radius 2 is 1.71 bits per heavy atom. The first-order valence-electron chi connectivity index (χ1n) is 8.46. The molecule has 0 radical (unpaired) electrons. The molecule has 0 atom stereocenters. The van der Waals surface area contributed by atoms with Gasteiger partial charge in [0.1, 0.15) is 0 Å². The van der Waals surface area contributed by atoms with Gasteiger partial charge in [0.05, 0.1) is 6.42 Å². The zero-order chi connectivity index (χ0) is 16.9. The van der Waals surface area contributed by atoms with E-state index in [4.69, 9.17) is 4.74 Å². The van der Waals surface area contributed by atoms with Crippen molar-refractivity contribution in [3.8, 4) is 0 Å². The minimum Gasteiger partial charge on any atom is -0.455 e. The first-order valence-corrected chi connectivity index (χ1v) is 8.46. The number of amides is 2. The summed E-state index contributed by atoms with van der Waals surface area (Å²) in [5.74, 6) is -0.390. The second-order valence-electron chi connectivity index (χ2n) is 6.24. The molecule has 0 saturated carbocycles. The quantitative estimate of drug-likeness (QED) is 0.768. The molecule has 0 aliphatic carbocycles. The fourth-order valence-electron chi connectivity index (χ4n) is 3.13. The predicted octanol–water partition coefficient (Wildman–Crippen LogP) is 1.52. The lowest BCUT2D eigenvalue weighted by atomic mass is 10.1. The van der Waals surface area contributed by atoms with Crippen molar-refractivity contribution in [2.45, 2.75) is 32.1 Å². The predicted molar refractivity (Wildman–Crippen MR) is 88.5 cm³/mol. The third-order valence-corrected chi connectivity index (χ3v) is 4.49. The molecule has 1 aromatic carbocycles. The fourth-order valence-corrected chi connectivity index (χ4v) is 3.13. The summed E-state index contributed by atoms with van der Waals surface area (Å²) >= 11 is 0. The van der Waals surface area contributed by atoms with E-state index in [1.54, 1.807) is 9.80 Å². The van der Waals surface area contributed by atoms with Crippen molar-refractivity contribution in [3.05, 3.63) is 29.8 Å². The van der Waals surface area contributed by atoms with Gasteiger partial charge in [0.25, 0.3) is 5.91 Å². The van der Waals surface area contributed by atoms with Crippen molar-refractivity contribution in [2.24, 2.45) is 0 Å². The van der Waals surface area contributed by atoms with Crippen LogP contribution in [0.1, 0.15) is 31.2 Å². The van der Waals surface area contributed by atoms with Crippen LogP contribution in [-0.2, 0) is 25.5 Å². The molecular formula is C18H22N2O4. The molecule has 2 amide bonds. The minimum absolute atomic E-state index is 0.122. The molecule has 2 aliphatic heterocycles. The fraction of sp³-hybridized carbons (Fsp3) is 0.500. The van der Waals surface area contributed by atoms with Gasteiger partial charge in [0, 0.05) is 31.7 Å². The number of carbonyl (C=O) groups is 3. The summed E-state index contributed by atoms with van der Waals surface area (Å²) in [6.45, 7) is 2.08. The molecule has 2 saturated heterocycles. The van der Waals surface area contributed by atoms with Gasteiger partial charge in [-0.25, -0.2) is 0 Å². The molecule has 0 spiro atoms. The summed E-state index contributed by atoms with van der Waals surface area (Å²) in [5.41, 5.74) is 1.67. The van der Waals surface area contributed by atoms with Gasteiger partial charge in [-0.3, -0.25) is 14.4 Å². The number of benzene rings is 1. The zero-order valence-electron chi connectivity index (χ0n) is 13.7. The lowest BCUT2D eigenvalue weighted by Gasteiger charge is -2.16.